The summed E-state index contributed by atoms with van der Waals surface area (Å²) >= 11 is 0. The van der Waals surface area contributed by atoms with Crippen molar-refractivity contribution in [1.82, 2.24) is 9.13 Å². The van der Waals surface area contributed by atoms with Crippen LogP contribution in [0.3, 0.4) is 0 Å². The number of carbonyl (C=O) groups is 1. The van der Waals surface area contributed by atoms with Crippen molar-refractivity contribution >= 4 is 17.0 Å². The van der Waals surface area contributed by atoms with Gasteiger partial charge in [0.15, 0.2) is 0 Å². The normalized spacial score (nSPS) is 10.7. The Morgan fingerprint density at radius 1 is 1.35 bits per heavy atom. The molecule has 0 fully saturated rings. The van der Waals surface area contributed by atoms with Crippen molar-refractivity contribution < 1.29 is 14.3 Å². The molecule has 6 nitrogen and oxygen atoms in total. The summed E-state index contributed by atoms with van der Waals surface area (Å²) in [5.74, 6) is -0.676. The van der Waals surface area contributed by atoms with Gasteiger partial charge in [0.25, 0.3) is 5.56 Å². The van der Waals surface area contributed by atoms with E-state index in [-0.39, 0.29) is 15.5 Å². The number of benzene rings is 1. The van der Waals surface area contributed by atoms with Crippen LogP contribution >= 0.6 is 0 Å². The lowest BCUT2D eigenvalue weighted by atomic mass is 10.2. The molecular weight excluding hydrogens is 231 g/mol. The molecule has 1 aromatic carbocycles. The molecule has 2 aromatic rings. The molecule has 0 atom stereocenters. The van der Waals surface area contributed by atoms with Crippen LogP contribution < -0.4 is 11.2 Å². The molecule has 0 aliphatic carbocycles. The maximum Gasteiger partial charge on any atom is 0.422 e. The van der Waals surface area contributed by atoms with Crippen molar-refractivity contribution in [2.24, 2.45) is 7.05 Å². The molecular formula is C10H7FN2O4. The number of carboxylic acid groups (broad SMARTS) is 1. The molecule has 0 saturated heterocycles. The summed E-state index contributed by atoms with van der Waals surface area (Å²) < 4.78 is 14.0. The van der Waals surface area contributed by atoms with Gasteiger partial charge in [-0.25, -0.2) is 14.0 Å². The van der Waals surface area contributed by atoms with Crippen LogP contribution in [-0.2, 0) is 7.05 Å². The highest BCUT2D eigenvalue weighted by Gasteiger charge is 2.15. The van der Waals surface area contributed by atoms with Crippen LogP contribution in [-0.4, -0.2) is 20.3 Å². The molecule has 0 radical (unpaired) electrons. The van der Waals surface area contributed by atoms with Crippen molar-refractivity contribution in [3.63, 3.8) is 0 Å². The van der Waals surface area contributed by atoms with Crippen LogP contribution in [0, 0.1) is 5.82 Å². The predicted molar refractivity (Wildman–Crippen MR) is 56.8 cm³/mol. The number of halogens is 1. The second kappa shape index (κ2) is 3.55. The van der Waals surface area contributed by atoms with Gasteiger partial charge in [0, 0.05) is 7.05 Å². The van der Waals surface area contributed by atoms with Gasteiger partial charge in [0.05, 0.1) is 10.9 Å². The average molecular weight is 238 g/mol. The summed E-state index contributed by atoms with van der Waals surface area (Å²) in [6.07, 6.45) is -1.69. The van der Waals surface area contributed by atoms with Crippen molar-refractivity contribution in [2.75, 3.05) is 0 Å². The van der Waals surface area contributed by atoms with Crippen molar-refractivity contribution in [2.45, 2.75) is 0 Å². The third-order valence-corrected chi connectivity index (χ3v) is 2.42. The lowest BCUT2D eigenvalue weighted by molar-refractivity contribution is 0.193. The van der Waals surface area contributed by atoms with Crippen LogP contribution in [0.2, 0.25) is 0 Å². The number of hydrogen-bond donors (Lipinski definition) is 1. The van der Waals surface area contributed by atoms with Crippen LogP contribution in [0.25, 0.3) is 10.9 Å². The van der Waals surface area contributed by atoms with E-state index in [1.165, 1.54) is 13.1 Å². The van der Waals surface area contributed by atoms with E-state index >= 15 is 0 Å². The Labute approximate surface area is 93.1 Å². The highest BCUT2D eigenvalue weighted by atomic mass is 19.1. The number of fused-ring (bicyclic) bond motifs is 1. The third-order valence-electron chi connectivity index (χ3n) is 2.42. The predicted octanol–water partition coefficient (Wildman–Crippen LogP) is 0.365. The third kappa shape index (κ3) is 1.52. The monoisotopic (exact) mass is 238 g/mol. The second-order valence-corrected chi connectivity index (χ2v) is 3.43. The number of nitrogens with zero attached hydrogens (tertiary/aromatic N) is 2. The molecule has 88 valence electrons. The molecule has 0 bridgehead atoms. The average Bonchev–Trinajstić information content (AvgIpc) is 2.26. The Morgan fingerprint density at radius 3 is 2.59 bits per heavy atom. The molecule has 0 amide bonds. The molecule has 0 aliphatic heterocycles. The zero-order valence-electron chi connectivity index (χ0n) is 8.68. The molecule has 17 heavy (non-hydrogen) atoms. The topological polar surface area (TPSA) is 81.3 Å². The van der Waals surface area contributed by atoms with Gasteiger partial charge in [-0.1, -0.05) is 0 Å². The first-order chi connectivity index (χ1) is 7.93. The Balaban J connectivity index is 3.12. The minimum absolute atomic E-state index is 0.0434. The number of aryl methyl sites for hydroxylation is 1. The van der Waals surface area contributed by atoms with E-state index in [1.807, 2.05) is 0 Å². The fraction of sp³-hybridized carbons (Fsp3) is 0.100. The van der Waals surface area contributed by atoms with Crippen LogP contribution in [0.4, 0.5) is 9.18 Å². The summed E-state index contributed by atoms with van der Waals surface area (Å²) in [7, 11) is 1.31. The van der Waals surface area contributed by atoms with Crippen molar-refractivity contribution in [1.29, 1.82) is 0 Å². The van der Waals surface area contributed by atoms with Crippen LogP contribution in [0.15, 0.2) is 27.8 Å². The van der Waals surface area contributed by atoms with Crippen molar-refractivity contribution in [3.05, 3.63) is 44.9 Å². The molecule has 2 rings (SSSR count). The Hall–Kier alpha value is -2.44. The van der Waals surface area contributed by atoms with Gasteiger partial charge in [-0.15, -0.1) is 0 Å². The first-order valence-electron chi connectivity index (χ1n) is 4.58. The number of aromatic nitrogens is 2. The smallest absolute Gasteiger partial charge is 0.422 e. The van der Waals surface area contributed by atoms with Gasteiger partial charge in [0.2, 0.25) is 0 Å². The molecule has 0 spiro atoms. The molecule has 1 heterocycles. The number of hydrogen-bond acceptors (Lipinski definition) is 3. The molecule has 0 unspecified atom stereocenters. The summed E-state index contributed by atoms with van der Waals surface area (Å²) in [5.41, 5.74) is -1.85. The summed E-state index contributed by atoms with van der Waals surface area (Å²) in [4.78, 5) is 34.1. The number of rotatable bonds is 0. The van der Waals surface area contributed by atoms with Gasteiger partial charge in [0.1, 0.15) is 5.82 Å². The standard InChI is InChI=1S/C10H7FN2O4/c1-12-7-3-2-5(11)4-6(7)8(14)13(9(12)15)10(16)17/h2-4H,1H3,(H,16,17). The fourth-order valence-corrected chi connectivity index (χ4v) is 1.60. The zero-order valence-corrected chi connectivity index (χ0v) is 8.68. The van der Waals surface area contributed by atoms with Gasteiger partial charge >= 0.3 is 11.8 Å². The van der Waals surface area contributed by atoms with Crippen LogP contribution in [0.1, 0.15) is 0 Å². The molecule has 1 aromatic heterocycles. The zero-order chi connectivity index (χ0) is 12.7. The van der Waals surface area contributed by atoms with Gasteiger partial charge in [-0.3, -0.25) is 9.36 Å². The Kier molecular flexibility index (Phi) is 2.31. The molecule has 1 N–H and O–H groups in total. The van der Waals surface area contributed by atoms with E-state index in [0.717, 1.165) is 16.7 Å². The largest absolute Gasteiger partial charge is 0.464 e. The highest BCUT2D eigenvalue weighted by Crippen LogP contribution is 2.09. The maximum absolute atomic E-state index is 13.0. The van der Waals surface area contributed by atoms with Gasteiger partial charge in [-0.2, -0.15) is 4.57 Å². The highest BCUT2D eigenvalue weighted by molar-refractivity contribution is 5.80. The lowest BCUT2D eigenvalue weighted by Gasteiger charge is -2.06. The van der Waals surface area contributed by atoms with Crippen LogP contribution in [0.5, 0.6) is 0 Å². The van der Waals surface area contributed by atoms with E-state index in [4.69, 9.17) is 5.11 Å². The quantitative estimate of drug-likeness (QED) is 0.718. The second-order valence-electron chi connectivity index (χ2n) is 3.43. The van der Waals surface area contributed by atoms with E-state index < -0.39 is 23.2 Å². The molecule has 0 saturated carbocycles. The SMILES string of the molecule is Cn1c(=O)n(C(=O)O)c(=O)c2cc(F)ccc21. The first-order valence-corrected chi connectivity index (χ1v) is 4.58. The Bertz CT molecular complexity index is 744. The van der Waals surface area contributed by atoms with E-state index in [0.29, 0.717) is 0 Å². The summed E-state index contributed by atoms with van der Waals surface area (Å²) in [5, 5.41) is 8.60. The summed E-state index contributed by atoms with van der Waals surface area (Å²) in [6.45, 7) is 0. The fourth-order valence-electron chi connectivity index (χ4n) is 1.60. The maximum atomic E-state index is 13.0. The minimum Gasteiger partial charge on any atom is -0.464 e. The Morgan fingerprint density at radius 2 is 2.00 bits per heavy atom. The van der Waals surface area contributed by atoms with Gasteiger partial charge < -0.3 is 5.11 Å². The first kappa shape index (κ1) is 11.1. The lowest BCUT2D eigenvalue weighted by Crippen LogP contribution is -2.42. The minimum atomic E-state index is -1.69. The van der Waals surface area contributed by atoms with E-state index in [1.54, 1.807) is 0 Å². The molecule has 7 heteroatoms. The molecule has 0 aliphatic rings. The van der Waals surface area contributed by atoms with Gasteiger partial charge in [-0.05, 0) is 18.2 Å². The summed E-state index contributed by atoms with van der Waals surface area (Å²) in [6, 6.07) is 3.24. The van der Waals surface area contributed by atoms with E-state index in [9.17, 15) is 18.8 Å². The van der Waals surface area contributed by atoms with E-state index in [2.05, 4.69) is 0 Å². The van der Waals surface area contributed by atoms with Crippen molar-refractivity contribution in [3.8, 4) is 0 Å².